The first kappa shape index (κ1) is 23.5. The molecule has 0 heterocycles. The number of benzene rings is 2. The lowest BCUT2D eigenvalue weighted by Crippen LogP contribution is -2.34. The summed E-state index contributed by atoms with van der Waals surface area (Å²) in [5.41, 5.74) is 2.80. The molecule has 1 atom stereocenters. The zero-order chi connectivity index (χ0) is 18.8. The Labute approximate surface area is 171 Å². The van der Waals surface area contributed by atoms with Gasteiger partial charge in [-0.1, -0.05) is 55.8 Å². The molecule has 0 spiro atoms. The Kier molecular flexibility index (Phi) is 11.1. The molecule has 0 amide bonds. The fourth-order valence-electron chi connectivity index (χ4n) is 3.32. The number of nitrogens with zero attached hydrogens (tertiary/aromatic N) is 2. The van der Waals surface area contributed by atoms with Crippen LogP contribution < -0.4 is 4.74 Å². The van der Waals surface area contributed by atoms with E-state index in [4.69, 9.17) is 4.74 Å². The Morgan fingerprint density at radius 1 is 0.926 bits per heavy atom. The maximum Gasteiger partial charge on any atom is 0.118 e. The predicted octanol–water partition coefficient (Wildman–Crippen LogP) is 5.06. The lowest BCUT2D eigenvalue weighted by Gasteiger charge is -2.29. The van der Waals surface area contributed by atoms with E-state index < -0.39 is 0 Å². The normalized spacial score (nSPS) is 12.1. The highest BCUT2D eigenvalue weighted by Crippen LogP contribution is 2.25. The minimum absolute atomic E-state index is 0. The van der Waals surface area contributed by atoms with Crippen LogP contribution in [0.1, 0.15) is 36.8 Å². The fraction of sp³-hybridized carbons (Fsp3) is 0.478. The third-order valence-electron chi connectivity index (χ3n) is 4.82. The number of halogens is 1. The van der Waals surface area contributed by atoms with Gasteiger partial charge in [0.15, 0.2) is 0 Å². The monoisotopic (exact) mass is 390 g/mol. The number of hydrogen-bond donors (Lipinski definition) is 0. The van der Waals surface area contributed by atoms with Crippen LogP contribution in [0.4, 0.5) is 0 Å². The van der Waals surface area contributed by atoms with Crippen molar-refractivity contribution in [3.05, 3.63) is 65.7 Å². The van der Waals surface area contributed by atoms with Gasteiger partial charge in [-0.3, -0.25) is 4.90 Å². The molecular formula is C23H35ClN2O. The smallest absolute Gasteiger partial charge is 0.118 e. The highest BCUT2D eigenvalue weighted by Gasteiger charge is 2.16. The second-order valence-corrected chi connectivity index (χ2v) is 7.28. The molecule has 0 saturated heterocycles. The summed E-state index contributed by atoms with van der Waals surface area (Å²) >= 11 is 0. The lowest BCUT2D eigenvalue weighted by atomic mass is 9.93. The van der Waals surface area contributed by atoms with Crippen molar-refractivity contribution < 1.29 is 4.74 Å². The first-order chi connectivity index (χ1) is 12.6. The van der Waals surface area contributed by atoms with Crippen molar-refractivity contribution in [3.63, 3.8) is 0 Å². The second-order valence-electron chi connectivity index (χ2n) is 7.28. The van der Waals surface area contributed by atoms with Crippen LogP contribution in [0.5, 0.6) is 5.75 Å². The minimum atomic E-state index is 0. The van der Waals surface area contributed by atoms with Gasteiger partial charge >= 0.3 is 0 Å². The number of likely N-dealkylation sites (N-methyl/N-ethyl adjacent to an activating group) is 1. The van der Waals surface area contributed by atoms with E-state index in [9.17, 15) is 0 Å². The zero-order valence-corrected chi connectivity index (χ0v) is 18.0. The SMILES string of the molecule is CCCC(CN(CCN(C)C)Cc1ccccc1)c1ccc(OC)cc1.Cl. The van der Waals surface area contributed by atoms with Gasteiger partial charge in [0.1, 0.15) is 5.75 Å². The Hall–Kier alpha value is -1.55. The van der Waals surface area contributed by atoms with Crippen molar-refractivity contribution in [1.82, 2.24) is 9.80 Å². The molecule has 0 radical (unpaired) electrons. The quantitative estimate of drug-likeness (QED) is 0.533. The molecule has 0 fully saturated rings. The van der Waals surface area contributed by atoms with Crippen LogP contribution in [-0.4, -0.2) is 50.6 Å². The van der Waals surface area contributed by atoms with E-state index in [0.717, 1.165) is 31.9 Å². The molecule has 3 nitrogen and oxygen atoms in total. The summed E-state index contributed by atoms with van der Waals surface area (Å²) in [6.45, 7) is 6.53. The molecule has 0 N–H and O–H groups in total. The molecule has 2 aromatic rings. The second kappa shape index (κ2) is 12.8. The Balaban J connectivity index is 0.00000364. The number of hydrogen-bond acceptors (Lipinski definition) is 3. The van der Waals surface area contributed by atoms with Crippen molar-refractivity contribution in [2.45, 2.75) is 32.2 Å². The summed E-state index contributed by atoms with van der Waals surface area (Å²) in [4.78, 5) is 4.86. The van der Waals surface area contributed by atoms with Crippen LogP contribution in [0.25, 0.3) is 0 Å². The van der Waals surface area contributed by atoms with Crippen LogP contribution in [0.3, 0.4) is 0 Å². The molecule has 1 unspecified atom stereocenters. The average molecular weight is 391 g/mol. The Bertz CT molecular complexity index is 616. The van der Waals surface area contributed by atoms with E-state index in [0.29, 0.717) is 5.92 Å². The Morgan fingerprint density at radius 2 is 1.59 bits per heavy atom. The molecule has 2 aromatic carbocycles. The summed E-state index contributed by atoms with van der Waals surface area (Å²) in [5, 5.41) is 0. The van der Waals surface area contributed by atoms with E-state index in [2.05, 4.69) is 85.4 Å². The van der Waals surface area contributed by atoms with Crippen LogP contribution in [0.2, 0.25) is 0 Å². The number of ether oxygens (including phenoxy) is 1. The third-order valence-corrected chi connectivity index (χ3v) is 4.82. The van der Waals surface area contributed by atoms with E-state index in [1.165, 1.54) is 24.0 Å². The van der Waals surface area contributed by atoms with Gasteiger partial charge < -0.3 is 9.64 Å². The molecular weight excluding hydrogens is 356 g/mol. The van der Waals surface area contributed by atoms with Crippen molar-refractivity contribution in [1.29, 1.82) is 0 Å². The molecule has 2 rings (SSSR count). The van der Waals surface area contributed by atoms with Gasteiger partial charge in [-0.2, -0.15) is 0 Å². The molecule has 0 aliphatic carbocycles. The number of rotatable bonds is 11. The van der Waals surface area contributed by atoms with Crippen LogP contribution >= 0.6 is 12.4 Å². The van der Waals surface area contributed by atoms with Gasteiger partial charge in [0.2, 0.25) is 0 Å². The highest BCUT2D eigenvalue weighted by atomic mass is 35.5. The van der Waals surface area contributed by atoms with Crippen molar-refractivity contribution in [3.8, 4) is 5.75 Å². The number of methoxy groups -OCH3 is 1. The average Bonchev–Trinajstić information content (AvgIpc) is 2.66. The molecule has 150 valence electrons. The minimum Gasteiger partial charge on any atom is -0.497 e. The topological polar surface area (TPSA) is 15.7 Å². The molecule has 0 bridgehead atoms. The molecule has 4 heteroatoms. The summed E-state index contributed by atoms with van der Waals surface area (Å²) in [6.07, 6.45) is 2.41. The van der Waals surface area contributed by atoms with Gasteiger partial charge in [-0.15, -0.1) is 12.4 Å². The highest BCUT2D eigenvalue weighted by molar-refractivity contribution is 5.85. The van der Waals surface area contributed by atoms with E-state index in [1.807, 2.05) is 0 Å². The first-order valence-corrected chi connectivity index (χ1v) is 9.67. The van der Waals surface area contributed by atoms with Crippen LogP contribution in [-0.2, 0) is 6.54 Å². The molecule has 0 aliphatic heterocycles. The largest absolute Gasteiger partial charge is 0.497 e. The standard InChI is InChI=1S/C23H34N2O.ClH/c1-5-9-22(21-12-14-23(26-4)15-13-21)19-25(17-16-24(2)3)18-20-10-7-6-8-11-20;/h6-8,10-15,22H,5,9,16-19H2,1-4H3;1H. The summed E-state index contributed by atoms with van der Waals surface area (Å²) < 4.78 is 5.32. The third kappa shape index (κ3) is 8.34. The van der Waals surface area contributed by atoms with Crippen molar-refractivity contribution in [2.24, 2.45) is 0 Å². The fourth-order valence-corrected chi connectivity index (χ4v) is 3.32. The molecule has 0 aliphatic rings. The summed E-state index contributed by atoms with van der Waals surface area (Å²) in [6, 6.07) is 19.4. The molecule has 0 saturated carbocycles. The Morgan fingerprint density at radius 3 is 2.15 bits per heavy atom. The van der Waals surface area contributed by atoms with Gasteiger partial charge in [-0.05, 0) is 49.7 Å². The van der Waals surface area contributed by atoms with Gasteiger partial charge in [0, 0.05) is 26.2 Å². The summed E-state index contributed by atoms with van der Waals surface area (Å²) in [5.74, 6) is 1.48. The maximum atomic E-state index is 5.32. The lowest BCUT2D eigenvalue weighted by molar-refractivity contribution is 0.217. The summed E-state index contributed by atoms with van der Waals surface area (Å²) in [7, 11) is 6.02. The predicted molar refractivity (Wildman–Crippen MR) is 118 cm³/mol. The molecule has 0 aromatic heterocycles. The van der Waals surface area contributed by atoms with Crippen LogP contribution in [0.15, 0.2) is 54.6 Å². The molecule has 27 heavy (non-hydrogen) atoms. The van der Waals surface area contributed by atoms with Crippen molar-refractivity contribution >= 4 is 12.4 Å². The van der Waals surface area contributed by atoms with E-state index >= 15 is 0 Å². The van der Waals surface area contributed by atoms with Crippen LogP contribution in [0, 0.1) is 0 Å². The van der Waals surface area contributed by atoms with Gasteiger partial charge in [0.05, 0.1) is 7.11 Å². The zero-order valence-electron chi connectivity index (χ0n) is 17.2. The van der Waals surface area contributed by atoms with Gasteiger partial charge in [-0.25, -0.2) is 0 Å². The first-order valence-electron chi connectivity index (χ1n) is 9.67. The van der Waals surface area contributed by atoms with E-state index in [1.54, 1.807) is 7.11 Å². The maximum absolute atomic E-state index is 5.32. The van der Waals surface area contributed by atoms with Crippen molar-refractivity contribution in [2.75, 3.05) is 40.8 Å². The van der Waals surface area contributed by atoms with E-state index in [-0.39, 0.29) is 12.4 Å². The van der Waals surface area contributed by atoms with Gasteiger partial charge in [0.25, 0.3) is 0 Å².